The first-order valence-corrected chi connectivity index (χ1v) is 8.89. The van der Waals surface area contributed by atoms with Crippen LogP contribution >= 0.6 is 0 Å². The second-order valence-electron chi connectivity index (χ2n) is 6.38. The van der Waals surface area contributed by atoms with E-state index in [1.165, 1.54) is 0 Å². The fourth-order valence-corrected chi connectivity index (χ4v) is 3.28. The van der Waals surface area contributed by atoms with Crippen LogP contribution in [0, 0.1) is 0 Å². The summed E-state index contributed by atoms with van der Waals surface area (Å²) < 4.78 is 13.3. The third kappa shape index (κ3) is 3.57. The van der Waals surface area contributed by atoms with Crippen LogP contribution in [0.1, 0.15) is 16.2 Å². The van der Waals surface area contributed by atoms with Gasteiger partial charge < -0.3 is 19.4 Å². The molecule has 1 aliphatic rings. The van der Waals surface area contributed by atoms with Gasteiger partial charge in [0.2, 0.25) is 0 Å². The van der Waals surface area contributed by atoms with Crippen LogP contribution in [0.2, 0.25) is 0 Å². The van der Waals surface area contributed by atoms with Crippen molar-refractivity contribution in [3.05, 3.63) is 72.2 Å². The number of carbonyl (C=O) groups excluding carboxylic acids is 1. The number of methoxy groups -OCH3 is 1. The Bertz CT molecular complexity index is 937. The summed E-state index contributed by atoms with van der Waals surface area (Å²) in [6, 6.07) is 17.3. The molecule has 3 aromatic rings. The summed E-state index contributed by atoms with van der Waals surface area (Å²) >= 11 is 0. The Morgan fingerprint density at radius 1 is 1.22 bits per heavy atom. The second-order valence-corrected chi connectivity index (χ2v) is 6.38. The number of para-hydroxylation sites is 1. The average Bonchev–Trinajstić information content (AvgIpc) is 3.16. The van der Waals surface area contributed by atoms with E-state index in [0.29, 0.717) is 31.0 Å². The summed E-state index contributed by atoms with van der Waals surface area (Å²) in [5.74, 6) is 1.29. The number of benzene rings is 2. The maximum absolute atomic E-state index is 12.5. The molecule has 0 saturated heterocycles. The Balaban J connectivity index is 1.44. The van der Waals surface area contributed by atoms with Gasteiger partial charge in [-0.3, -0.25) is 4.79 Å². The highest BCUT2D eigenvalue weighted by Gasteiger charge is 2.23. The summed E-state index contributed by atoms with van der Waals surface area (Å²) in [5.41, 5.74) is 2.70. The predicted molar refractivity (Wildman–Crippen MR) is 102 cm³/mol. The van der Waals surface area contributed by atoms with E-state index < -0.39 is 0 Å². The highest BCUT2D eigenvalue weighted by Crippen LogP contribution is 2.24. The van der Waals surface area contributed by atoms with Crippen molar-refractivity contribution in [2.75, 3.05) is 13.7 Å². The molecule has 138 valence electrons. The lowest BCUT2D eigenvalue weighted by Gasteiger charge is -2.26. The molecule has 0 radical (unpaired) electrons. The maximum atomic E-state index is 12.5. The molecule has 0 aliphatic carbocycles. The van der Waals surface area contributed by atoms with Gasteiger partial charge in [0.25, 0.3) is 5.91 Å². The zero-order valence-electron chi connectivity index (χ0n) is 15.1. The van der Waals surface area contributed by atoms with Gasteiger partial charge in [-0.25, -0.2) is 4.98 Å². The molecule has 0 bridgehead atoms. The van der Waals surface area contributed by atoms with Crippen LogP contribution < -0.4 is 10.1 Å². The van der Waals surface area contributed by atoms with E-state index in [1.54, 1.807) is 19.2 Å². The van der Waals surface area contributed by atoms with Gasteiger partial charge in [-0.1, -0.05) is 42.5 Å². The molecule has 1 atom stereocenters. The Hall–Kier alpha value is -3.12. The SMILES string of the molecule is COc1ccccc1C(=O)NC[C@H]1Cn2c(-c3ccccc3)cnc2CO1. The summed E-state index contributed by atoms with van der Waals surface area (Å²) in [7, 11) is 1.56. The number of nitrogens with zero attached hydrogens (tertiary/aromatic N) is 2. The average molecular weight is 363 g/mol. The minimum atomic E-state index is -0.171. The third-order valence-corrected chi connectivity index (χ3v) is 4.68. The number of imidazole rings is 1. The van der Waals surface area contributed by atoms with Crippen LogP contribution in [0.3, 0.4) is 0 Å². The number of carbonyl (C=O) groups is 1. The van der Waals surface area contributed by atoms with Crippen molar-refractivity contribution in [3.63, 3.8) is 0 Å². The molecule has 2 heterocycles. The standard InChI is InChI=1S/C21H21N3O3/c1-26-19-10-6-5-9-17(19)21(25)23-11-16-13-24-18(12-22-20(24)14-27-16)15-7-3-2-4-8-15/h2-10,12,16H,11,13-14H2,1H3,(H,23,25)/t16-/m0/s1. The molecule has 1 N–H and O–H groups in total. The molecule has 0 fully saturated rings. The number of aromatic nitrogens is 2. The Labute approximate surface area is 157 Å². The molecule has 6 heteroatoms. The molecule has 1 aromatic heterocycles. The molecule has 2 aromatic carbocycles. The molecule has 0 unspecified atom stereocenters. The van der Waals surface area contributed by atoms with Crippen LogP contribution in [0.4, 0.5) is 0 Å². The topological polar surface area (TPSA) is 65.4 Å². The first-order chi connectivity index (χ1) is 13.3. The molecular formula is C21H21N3O3. The van der Waals surface area contributed by atoms with Gasteiger partial charge in [-0.2, -0.15) is 0 Å². The monoisotopic (exact) mass is 363 g/mol. The fourth-order valence-electron chi connectivity index (χ4n) is 3.28. The quantitative estimate of drug-likeness (QED) is 0.757. The zero-order chi connectivity index (χ0) is 18.6. The van der Waals surface area contributed by atoms with E-state index >= 15 is 0 Å². The number of amides is 1. The lowest BCUT2D eigenvalue weighted by Crippen LogP contribution is -2.39. The van der Waals surface area contributed by atoms with Gasteiger partial charge >= 0.3 is 0 Å². The lowest BCUT2D eigenvalue weighted by molar-refractivity contribution is 0.00373. The zero-order valence-corrected chi connectivity index (χ0v) is 15.1. The number of nitrogens with one attached hydrogen (secondary N) is 1. The molecule has 4 rings (SSSR count). The molecule has 0 saturated carbocycles. The summed E-state index contributed by atoms with van der Waals surface area (Å²) in [6.45, 7) is 1.50. The van der Waals surface area contributed by atoms with Crippen LogP contribution in [-0.2, 0) is 17.9 Å². The van der Waals surface area contributed by atoms with E-state index in [1.807, 2.05) is 36.5 Å². The van der Waals surface area contributed by atoms with Crippen molar-refractivity contribution >= 4 is 5.91 Å². The minimum Gasteiger partial charge on any atom is -0.496 e. The molecule has 6 nitrogen and oxygen atoms in total. The van der Waals surface area contributed by atoms with Crippen molar-refractivity contribution in [1.82, 2.24) is 14.9 Å². The summed E-state index contributed by atoms with van der Waals surface area (Å²) in [5, 5.41) is 2.95. The number of rotatable bonds is 5. The van der Waals surface area contributed by atoms with Gasteiger partial charge in [-0.05, 0) is 17.7 Å². The van der Waals surface area contributed by atoms with E-state index in [4.69, 9.17) is 9.47 Å². The van der Waals surface area contributed by atoms with Crippen LogP contribution in [0.15, 0.2) is 60.8 Å². The van der Waals surface area contributed by atoms with Crippen molar-refractivity contribution in [3.8, 4) is 17.0 Å². The lowest BCUT2D eigenvalue weighted by atomic mass is 10.1. The van der Waals surface area contributed by atoms with E-state index in [-0.39, 0.29) is 12.0 Å². The van der Waals surface area contributed by atoms with Crippen LogP contribution in [0.25, 0.3) is 11.3 Å². The molecule has 1 amide bonds. The smallest absolute Gasteiger partial charge is 0.255 e. The predicted octanol–water partition coefficient (Wildman–Crippen LogP) is 2.89. The largest absolute Gasteiger partial charge is 0.496 e. The Morgan fingerprint density at radius 2 is 2.00 bits per heavy atom. The van der Waals surface area contributed by atoms with Crippen molar-refractivity contribution in [2.45, 2.75) is 19.3 Å². The van der Waals surface area contributed by atoms with Gasteiger partial charge in [0.05, 0.1) is 37.2 Å². The normalized spacial score (nSPS) is 15.8. The van der Waals surface area contributed by atoms with Crippen molar-refractivity contribution in [1.29, 1.82) is 0 Å². The molecule has 0 spiro atoms. The summed E-state index contributed by atoms with van der Waals surface area (Å²) in [4.78, 5) is 17.0. The number of fused-ring (bicyclic) bond motifs is 1. The maximum Gasteiger partial charge on any atom is 0.255 e. The van der Waals surface area contributed by atoms with Gasteiger partial charge in [0, 0.05) is 6.54 Å². The van der Waals surface area contributed by atoms with Crippen molar-refractivity contribution in [2.24, 2.45) is 0 Å². The second kappa shape index (κ2) is 7.63. The van der Waals surface area contributed by atoms with Crippen LogP contribution in [0.5, 0.6) is 5.75 Å². The fraction of sp³-hybridized carbons (Fsp3) is 0.238. The highest BCUT2D eigenvalue weighted by molar-refractivity contribution is 5.96. The van der Waals surface area contributed by atoms with Crippen molar-refractivity contribution < 1.29 is 14.3 Å². The third-order valence-electron chi connectivity index (χ3n) is 4.68. The molecule has 27 heavy (non-hydrogen) atoms. The van der Waals surface area contributed by atoms with E-state index in [0.717, 1.165) is 17.1 Å². The van der Waals surface area contributed by atoms with E-state index in [9.17, 15) is 4.79 Å². The highest BCUT2D eigenvalue weighted by atomic mass is 16.5. The minimum absolute atomic E-state index is 0.118. The first-order valence-electron chi connectivity index (χ1n) is 8.89. The number of hydrogen-bond donors (Lipinski definition) is 1. The van der Waals surface area contributed by atoms with Gasteiger partial charge in [0.1, 0.15) is 18.2 Å². The van der Waals surface area contributed by atoms with Crippen LogP contribution in [-0.4, -0.2) is 35.2 Å². The van der Waals surface area contributed by atoms with E-state index in [2.05, 4.69) is 27.0 Å². The molecular weight excluding hydrogens is 342 g/mol. The first kappa shape index (κ1) is 17.3. The Morgan fingerprint density at radius 3 is 2.81 bits per heavy atom. The number of hydrogen-bond acceptors (Lipinski definition) is 4. The number of ether oxygens (including phenoxy) is 2. The molecule has 1 aliphatic heterocycles. The summed E-state index contributed by atoms with van der Waals surface area (Å²) in [6.07, 6.45) is 1.76. The van der Waals surface area contributed by atoms with Gasteiger partial charge in [-0.15, -0.1) is 0 Å². The van der Waals surface area contributed by atoms with Gasteiger partial charge in [0.15, 0.2) is 0 Å². The Kier molecular flexibility index (Phi) is 4.89.